The third kappa shape index (κ3) is 4.61. The molecule has 8 nitrogen and oxygen atoms in total. The van der Waals surface area contributed by atoms with E-state index in [1.165, 1.54) is 28.6 Å². The van der Waals surface area contributed by atoms with Crippen molar-refractivity contribution >= 4 is 28.6 Å². The van der Waals surface area contributed by atoms with Crippen molar-refractivity contribution < 1.29 is 14.9 Å². The molecule has 0 unspecified atom stereocenters. The maximum atomic E-state index is 11.4. The van der Waals surface area contributed by atoms with Gasteiger partial charge in [0.1, 0.15) is 0 Å². The van der Waals surface area contributed by atoms with Crippen LogP contribution in [-0.2, 0) is 17.8 Å². The molecule has 4 N–H and O–H groups in total. The molecule has 0 saturated heterocycles. The summed E-state index contributed by atoms with van der Waals surface area (Å²) in [6.07, 6.45) is 5.28. The van der Waals surface area contributed by atoms with Gasteiger partial charge in [0, 0.05) is 41.4 Å². The molecular weight excluding hydrogens is 360 g/mol. The molecule has 144 valence electrons. The second-order valence-corrected chi connectivity index (χ2v) is 6.24. The average molecular weight is 380 g/mol. The van der Waals surface area contributed by atoms with Gasteiger partial charge in [0.15, 0.2) is 0 Å². The van der Waals surface area contributed by atoms with Crippen LogP contribution in [0.25, 0.3) is 17.0 Å². The van der Waals surface area contributed by atoms with E-state index in [1.54, 1.807) is 12.1 Å². The number of amides is 1. The quantitative estimate of drug-likeness (QED) is 0.157. The third-order valence-corrected chi connectivity index (χ3v) is 4.40. The minimum atomic E-state index is -0.703. The SMILES string of the molecule is O=C(/C=C/c1ccc(CNCCc2c[nH]c3ccccc23)c([N+](=O)[O-])c1)NO. The molecule has 0 atom stereocenters. The van der Waals surface area contributed by atoms with Crippen molar-refractivity contribution in [2.45, 2.75) is 13.0 Å². The van der Waals surface area contributed by atoms with E-state index in [4.69, 9.17) is 5.21 Å². The highest BCUT2D eigenvalue weighted by molar-refractivity contribution is 5.90. The number of fused-ring (bicyclic) bond motifs is 1. The lowest BCUT2D eigenvalue weighted by atomic mass is 10.1. The first-order valence-corrected chi connectivity index (χ1v) is 8.73. The number of aromatic nitrogens is 1. The van der Waals surface area contributed by atoms with Crippen LogP contribution < -0.4 is 10.8 Å². The minimum absolute atomic E-state index is 0.0221. The van der Waals surface area contributed by atoms with Crippen LogP contribution in [0.5, 0.6) is 0 Å². The molecule has 3 rings (SSSR count). The van der Waals surface area contributed by atoms with Gasteiger partial charge in [-0.1, -0.05) is 30.3 Å². The summed E-state index contributed by atoms with van der Waals surface area (Å²) in [5, 5.41) is 24.3. The Morgan fingerprint density at radius 3 is 2.82 bits per heavy atom. The third-order valence-electron chi connectivity index (χ3n) is 4.40. The van der Waals surface area contributed by atoms with Crippen molar-refractivity contribution in [3.8, 4) is 0 Å². The summed E-state index contributed by atoms with van der Waals surface area (Å²) in [6, 6.07) is 12.8. The number of benzene rings is 2. The standard InChI is InChI=1S/C20H20N4O4/c25-20(23-26)8-6-14-5-7-16(19(11-14)24(27)28)12-21-10-9-15-13-22-18-4-2-1-3-17(15)18/h1-8,11,13,21-22,26H,9-10,12H2,(H,23,25)/b8-6+. The molecule has 3 aromatic rings. The Bertz CT molecular complexity index is 1030. The normalized spacial score (nSPS) is 11.2. The van der Waals surface area contributed by atoms with Crippen molar-refractivity contribution in [3.05, 3.63) is 81.5 Å². The van der Waals surface area contributed by atoms with Crippen LogP contribution in [0.4, 0.5) is 5.69 Å². The maximum absolute atomic E-state index is 11.4. The fraction of sp³-hybridized carbons (Fsp3) is 0.150. The Kier molecular flexibility index (Phi) is 6.15. The maximum Gasteiger partial charge on any atom is 0.274 e. The molecule has 0 aliphatic heterocycles. The number of nitrogens with zero attached hydrogens (tertiary/aromatic N) is 1. The van der Waals surface area contributed by atoms with Crippen molar-refractivity contribution in [2.75, 3.05) is 6.54 Å². The predicted octanol–water partition coefficient (Wildman–Crippen LogP) is 2.93. The first kappa shape index (κ1) is 19.3. The lowest BCUT2D eigenvalue weighted by Crippen LogP contribution is -2.17. The van der Waals surface area contributed by atoms with Gasteiger partial charge in [-0.15, -0.1) is 0 Å². The number of nitro groups is 1. The molecule has 0 fully saturated rings. The summed E-state index contributed by atoms with van der Waals surface area (Å²) in [7, 11) is 0. The zero-order valence-corrected chi connectivity index (χ0v) is 15.0. The zero-order chi connectivity index (χ0) is 19.9. The van der Waals surface area contributed by atoms with Gasteiger partial charge in [0.25, 0.3) is 11.6 Å². The number of carbonyl (C=O) groups excluding carboxylic acids is 1. The monoisotopic (exact) mass is 380 g/mol. The summed E-state index contributed by atoms with van der Waals surface area (Å²) < 4.78 is 0. The minimum Gasteiger partial charge on any atom is -0.361 e. The van der Waals surface area contributed by atoms with Gasteiger partial charge in [-0.25, -0.2) is 5.48 Å². The summed E-state index contributed by atoms with van der Waals surface area (Å²) in [5.74, 6) is -0.703. The molecule has 1 amide bonds. The number of rotatable bonds is 8. The van der Waals surface area contributed by atoms with E-state index in [1.807, 2.05) is 24.4 Å². The van der Waals surface area contributed by atoms with Gasteiger partial charge < -0.3 is 10.3 Å². The number of hydroxylamine groups is 1. The summed E-state index contributed by atoms with van der Waals surface area (Å²) in [5.41, 5.74) is 4.79. The fourth-order valence-corrected chi connectivity index (χ4v) is 3.00. The van der Waals surface area contributed by atoms with Crippen LogP contribution in [0, 0.1) is 10.1 Å². The van der Waals surface area contributed by atoms with Gasteiger partial charge in [0.05, 0.1) is 4.92 Å². The summed E-state index contributed by atoms with van der Waals surface area (Å²) in [4.78, 5) is 25.2. The number of H-pyrrole nitrogens is 1. The molecule has 1 aromatic heterocycles. The second kappa shape index (κ2) is 8.94. The van der Waals surface area contributed by atoms with Crippen LogP contribution in [0.1, 0.15) is 16.7 Å². The Morgan fingerprint density at radius 1 is 1.21 bits per heavy atom. The smallest absolute Gasteiger partial charge is 0.274 e. The largest absolute Gasteiger partial charge is 0.361 e. The van der Waals surface area contributed by atoms with Gasteiger partial charge in [-0.3, -0.25) is 20.1 Å². The molecule has 0 aliphatic rings. The molecule has 0 saturated carbocycles. The van der Waals surface area contributed by atoms with E-state index < -0.39 is 10.8 Å². The van der Waals surface area contributed by atoms with E-state index in [0.717, 1.165) is 18.0 Å². The van der Waals surface area contributed by atoms with E-state index in [9.17, 15) is 14.9 Å². The lowest BCUT2D eigenvalue weighted by Gasteiger charge is -2.07. The number of nitrogens with one attached hydrogen (secondary N) is 3. The Hall–Kier alpha value is -3.49. The highest BCUT2D eigenvalue weighted by Gasteiger charge is 2.14. The van der Waals surface area contributed by atoms with Crippen LogP contribution in [-0.4, -0.2) is 27.6 Å². The summed E-state index contributed by atoms with van der Waals surface area (Å²) >= 11 is 0. The van der Waals surface area contributed by atoms with Crippen LogP contribution in [0.15, 0.2) is 54.7 Å². The summed E-state index contributed by atoms with van der Waals surface area (Å²) in [6.45, 7) is 1.04. The van der Waals surface area contributed by atoms with Gasteiger partial charge >= 0.3 is 0 Å². The molecule has 28 heavy (non-hydrogen) atoms. The highest BCUT2D eigenvalue weighted by atomic mass is 16.6. The molecule has 0 bridgehead atoms. The lowest BCUT2D eigenvalue weighted by molar-refractivity contribution is -0.385. The van der Waals surface area contributed by atoms with Crippen molar-refractivity contribution in [1.82, 2.24) is 15.8 Å². The van der Waals surface area contributed by atoms with Crippen molar-refractivity contribution in [3.63, 3.8) is 0 Å². The van der Waals surface area contributed by atoms with Crippen molar-refractivity contribution in [1.29, 1.82) is 0 Å². The topological polar surface area (TPSA) is 120 Å². The van der Waals surface area contributed by atoms with Gasteiger partial charge in [-0.2, -0.15) is 0 Å². The van der Waals surface area contributed by atoms with E-state index in [-0.39, 0.29) is 5.69 Å². The Morgan fingerprint density at radius 2 is 2.04 bits per heavy atom. The molecule has 0 aliphatic carbocycles. The fourth-order valence-electron chi connectivity index (χ4n) is 3.00. The Labute approximate surface area is 161 Å². The molecule has 0 spiro atoms. The van der Waals surface area contributed by atoms with Gasteiger partial charge in [-0.05, 0) is 36.2 Å². The van der Waals surface area contributed by atoms with E-state index >= 15 is 0 Å². The predicted molar refractivity (Wildman–Crippen MR) is 106 cm³/mol. The first-order valence-electron chi connectivity index (χ1n) is 8.73. The van der Waals surface area contributed by atoms with E-state index in [2.05, 4.69) is 16.4 Å². The molecule has 0 radical (unpaired) electrons. The number of hydrogen-bond acceptors (Lipinski definition) is 5. The molecular formula is C20H20N4O4. The zero-order valence-electron chi connectivity index (χ0n) is 15.0. The van der Waals surface area contributed by atoms with Gasteiger partial charge in [0.2, 0.25) is 0 Å². The van der Waals surface area contributed by atoms with Crippen molar-refractivity contribution in [2.24, 2.45) is 0 Å². The molecule has 1 heterocycles. The molecule has 2 aromatic carbocycles. The number of carbonyl (C=O) groups is 1. The average Bonchev–Trinajstić information content (AvgIpc) is 3.12. The van der Waals surface area contributed by atoms with E-state index in [0.29, 0.717) is 24.2 Å². The first-order chi connectivity index (χ1) is 13.6. The highest BCUT2D eigenvalue weighted by Crippen LogP contribution is 2.21. The number of nitro benzene ring substituents is 1. The second-order valence-electron chi connectivity index (χ2n) is 6.24. The van der Waals surface area contributed by atoms with Crippen LogP contribution >= 0.6 is 0 Å². The Balaban J connectivity index is 1.62. The van der Waals surface area contributed by atoms with Crippen LogP contribution in [0.2, 0.25) is 0 Å². The number of para-hydroxylation sites is 1. The molecule has 8 heteroatoms. The number of hydrogen-bond donors (Lipinski definition) is 4. The van der Waals surface area contributed by atoms with Crippen LogP contribution in [0.3, 0.4) is 0 Å². The number of aromatic amines is 1.